The summed E-state index contributed by atoms with van der Waals surface area (Å²) < 4.78 is 11.2. The third-order valence-electron chi connectivity index (χ3n) is 3.20. The van der Waals surface area contributed by atoms with Crippen LogP contribution in [0.15, 0.2) is 52.1 Å². The summed E-state index contributed by atoms with van der Waals surface area (Å²) in [5.41, 5.74) is 1.98. The van der Waals surface area contributed by atoms with E-state index in [2.05, 4.69) is 10.2 Å². The lowest BCUT2D eigenvalue weighted by atomic mass is 10.2. The van der Waals surface area contributed by atoms with Gasteiger partial charge in [-0.15, -0.1) is 10.2 Å². The molecule has 3 aromatic rings. The van der Waals surface area contributed by atoms with Crippen LogP contribution in [0, 0.1) is 6.92 Å². The van der Waals surface area contributed by atoms with Crippen molar-refractivity contribution in [2.75, 3.05) is 0 Å². The number of hydrogen-bond acceptors (Lipinski definition) is 5. The molecular weight excluding hydrogens is 367 g/mol. The second-order valence-electron chi connectivity index (χ2n) is 5.06. The zero-order valence-electron chi connectivity index (χ0n) is 12.8. The molecular formula is C17H14Cl2N2O2S. The fourth-order valence-corrected chi connectivity index (χ4v) is 3.53. The van der Waals surface area contributed by atoms with Gasteiger partial charge in [0.1, 0.15) is 5.75 Å². The SMILES string of the molecule is Cc1cccc(OCc2nnc(SCc3c(Cl)cccc3Cl)o2)c1. The third-order valence-corrected chi connectivity index (χ3v) is 4.75. The molecule has 1 heterocycles. The minimum atomic E-state index is 0.226. The maximum atomic E-state index is 6.15. The second kappa shape index (κ2) is 7.92. The molecule has 0 saturated heterocycles. The average molecular weight is 381 g/mol. The highest BCUT2D eigenvalue weighted by molar-refractivity contribution is 7.98. The fraction of sp³-hybridized carbons (Fsp3) is 0.176. The van der Waals surface area contributed by atoms with Crippen LogP contribution in [-0.4, -0.2) is 10.2 Å². The van der Waals surface area contributed by atoms with Crippen LogP contribution < -0.4 is 4.74 Å². The van der Waals surface area contributed by atoms with Crippen molar-refractivity contribution in [3.63, 3.8) is 0 Å². The standard InChI is InChI=1S/C17H14Cl2N2O2S/c1-11-4-2-5-12(8-11)22-9-16-20-21-17(23-16)24-10-13-14(18)6-3-7-15(13)19/h2-8H,9-10H2,1H3. The number of thioether (sulfide) groups is 1. The Hall–Kier alpha value is -1.69. The van der Waals surface area contributed by atoms with Crippen LogP contribution in [0.1, 0.15) is 17.0 Å². The molecule has 124 valence electrons. The van der Waals surface area contributed by atoms with E-state index in [0.717, 1.165) is 16.9 Å². The minimum absolute atomic E-state index is 0.226. The van der Waals surface area contributed by atoms with Crippen LogP contribution >= 0.6 is 35.0 Å². The minimum Gasteiger partial charge on any atom is -0.484 e. The summed E-state index contributed by atoms with van der Waals surface area (Å²) in [6.45, 7) is 2.23. The van der Waals surface area contributed by atoms with E-state index in [4.69, 9.17) is 32.4 Å². The molecule has 0 N–H and O–H groups in total. The van der Waals surface area contributed by atoms with Crippen LogP contribution in [0.3, 0.4) is 0 Å². The number of ether oxygens (including phenoxy) is 1. The van der Waals surface area contributed by atoms with Gasteiger partial charge in [0.2, 0.25) is 0 Å². The summed E-state index contributed by atoms with van der Waals surface area (Å²) in [6.07, 6.45) is 0. The number of aromatic nitrogens is 2. The Kier molecular flexibility index (Phi) is 5.66. The van der Waals surface area contributed by atoms with E-state index in [-0.39, 0.29) is 6.61 Å². The van der Waals surface area contributed by atoms with E-state index in [0.29, 0.717) is 26.9 Å². The molecule has 4 nitrogen and oxygen atoms in total. The van der Waals surface area contributed by atoms with Gasteiger partial charge in [-0.05, 0) is 42.3 Å². The summed E-state index contributed by atoms with van der Waals surface area (Å²) in [6, 6.07) is 13.2. The fourth-order valence-electron chi connectivity index (χ4n) is 2.01. The van der Waals surface area contributed by atoms with Gasteiger partial charge in [-0.3, -0.25) is 0 Å². The monoisotopic (exact) mass is 380 g/mol. The largest absolute Gasteiger partial charge is 0.484 e. The molecule has 2 aromatic carbocycles. The summed E-state index contributed by atoms with van der Waals surface area (Å²) in [7, 11) is 0. The molecule has 7 heteroatoms. The molecule has 0 unspecified atom stereocenters. The van der Waals surface area contributed by atoms with Crippen molar-refractivity contribution in [2.45, 2.75) is 24.5 Å². The molecule has 0 radical (unpaired) electrons. The van der Waals surface area contributed by atoms with Gasteiger partial charge in [0.05, 0.1) is 0 Å². The Balaban J connectivity index is 1.57. The van der Waals surface area contributed by atoms with Crippen molar-refractivity contribution < 1.29 is 9.15 Å². The molecule has 1 aromatic heterocycles. The maximum Gasteiger partial charge on any atom is 0.277 e. The zero-order valence-corrected chi connectivity index (χ0v) is 15.2. The van der Waals surface area contributed by atoms with E-state index in [1.165, 1.54) is 11.8 Å². The van der Waals surface area contributed by atoms with Crippen LogP contribution in [0.5, 0.6) is 5.75 Å². The van der Waals surface area contributed by atoms with Gasteiger partial charge in [-0.25, -0.2) is 0 Å². The number of aryl methyl sites for hydroxylation is 1. The van der Waals surface area contributed by atoms with E-state index in [1.807, 2.05) is 37.3 Å². The van der Waals surface area contributed by atoms with Crippen molar-refractivity contribution in [3.05, 3.63) is 69.5 Å². The summed E-state index contributed by atoms with van der Waals surface area (Å²) in [4.78, 5) is 0. The van der Waals surface area contributed by atoms with E-state index >= 15 is 0 Å². The smallest absolute Gasteiger partial charge is 0.277 e. The summed E-state index contributed by atoms with van der Waals surface area (Å²) >= 11 is 13.7. The first-order valence-corrected chi connectivity index (χ1v) is 8.93. The van der Waals surface area contributed by atoms with Gasteiger partial charge in [-0.2, -0.15) is 0 Å². The maximum absolute atomic E-state index is 6.15. The molecule has 0 atom stereocenters. The summed E-state index contributed by atoms with van der Waals surface area (Å²) in [5, 5.41) is 9.68. The van der Waals surface area contributed by atoms with Gasteiger partial charge in [0.25, 0.3) is 11.1 Å². The molecule has 0 aliphatic rings. The lowest BCUT2D eigenvalue weighted by Gasteiger charge is -2.04. The van der Waals surface area contributed by atoms with Crippen molar-refractivity contribution in [2.24, 2.45) is 0 Å². The first-order valence-electron chi connectivity index (χ1n) is 7.19. The Bertz CT molecular complexity index is 819. The Morgan fingerprint density at radius 2 is 1.83 bits per heavy atom. The summed E-state index contributed by atoms with van der Waals surface area (Å²) in [5.74, 6) is 1.74. The van der Waals surface area contributed by atoms with E-state index in [9.17, 15) is 0 Å². The number of nitrogens with zero attached hydrogens (tertiary/aromatic N) is 2. The van der Waals surface area contributed by atoms with Crippen molar-refractivity contribution in [3.8, 4) is 5.75 Å². The highest BCUT2D eigenvalue weighted by Crippen LogP contribution is 2.31. The van der Waals surface area contributed by atoms with Gasteiger partial charge in [-0.1, -0.05) is 53.2 Å². The Labute approximate surface area is 154 Å². The first kappa shape index (κ1) is 17.1. The number of rotatable bonds is 6. The van der Waals surface area contributed by atoms with Crippen LogP contribution in [0.2, 0.25) is 10.0 Å². The first-order chi connectivity index (χ1) is 11.6. The zero-order chi connectivity index (χ0) is 16.9. The van der Waals surface area contributed by atoms with Gasteiger partial charge in [0, 0.05) is 15.8 Å². The lowest BCUT2D eigenvalue weighted by Crippen LogP contribution is -1.95. The van der Waals surface area contributed by atoms with Crippen LogP contribution in [0.4, 0.5) is 0 Å². The Morgan fingerprint density at radius 3 is 2.58 bits per heavy atom. The van der Waals surface area contributed by atoms with Gasteiger partial charge in [0.15, 0.2) is 6.61 Å². The molecule has 0 spiro atoms. The predicted octanol–water partition coefficient (Wildman–Crippen LogP) is 5.56. The topological polar surface area (TPSA) is 48.2 Å². The molecule has 24 heavy (non-hydrogen) atoms. The van der Waals surface area contributed by atoms with Crippen molar-refractivity contribution in [1.82, 2.24) is 10.2 Å². The molecule has 0 aliphatic carbocycles. The highest BCUT2D eigenvalue weighted by atomic mass is 35.5. The molecule has 0 aliphatic heterocycles. The highest BCUT2D eigenvalue weighted by Gasteiger charge is 2.11. The number of hydrogen-bond donors (Lipinski definition) is 0. The van der Waals surface area contributed by atoms with E-state index < -0.39 is 0 Å². The molecule has 0 amide bonds. The van der Waals surface area contributed by atoms with Crippen molar-refractivity contribution >= 4 is 35.0 Å². The molecule has 0 saturated carbocycles. The van der Waals surface area contributed by atoms with Gasteiger partial charge >= 0.3 is 0 Å². The van der Waals surface area contributed by atoms with Crippen LogP contribution in [0.25, 0.3) is 0 Å². The average Bonchev–Trinajstić information content (AvgIpc) is 3.00. The van der Waals surface area contributed by atoms with Crippen molar-refractivity contribution in [1.29, 1.82) is 0 Å². The molecule has 0 fully saturated rings. The second-order valence-corrected chi connectivity index (χ2v) is 6.80. The molecule has 0 bridgehead atoms. The van der Waals surface area contributed by atoms with Crippen LogP contribution in [-0.2, 0) is 12.4 Å². The van der Waals surface area contributed by atoms with Gasteiger partial charge < -0.3 is 9.15 Å². The number of halogens is 2. The lowest BCUT2D eigenvalue weighted by molar-refractivity contribution is 0.252. The third kappa shape index (κ3) is 4.44. The Morgan fingerprint density at radius 1 is 1.08 bits per heavy atom. The normalized spacial score (nSPS) is 10.8. The quantitative estimate of drug-likeness (QED) is 0.524. The number of benzene rings is 2. The predicted molar refractivity (Wildman–Crippen MR) is 95.8 cm³/mol. The van der Waals surface area contributed by atoms with E-state index in [1.54, 1.807) is 12.1 Å². The molecule has 3 rings (SSSR count).